The predicted octanol–water partition coefficient (Wildman–Crippen LogP) is 6.35. The molecule has 4 aromatic carbocycles. The van der Waals surface area contributed by atoms with Gasteiger partial charge in [-0.05, 0) is 80.3 Å². The van der Waals surface area contributed by atoms with E-state index < -0.39 is 28.5 Å². The molecule has 0 saturated carbocycles. The molecule has 0 aliphatic heterocycles. The standard InChI is InChI=1S/C35H38BrN3O4S/c1-5-37-35(41)33(22-28-11-7-6-8-12-28)38(23-29-16-18-30(36)19-17-29)34(40)24-39(32-13-9-10-26(3)27(32)4)44(42,43)31-20-14-25(2)15-21-31/h6-21,33H,5,22-24H2,1-4H3,(H,37,41)/t33-/m0/s1. The lowest BCUT2D eigenvalue weighted by atomic mass is 10.0. The third kappa shape index (κ3) is 7.95. The molecule has 0 spiro atoms. The van der Waals surface area contributed by atoms with Crippen molar-refractivity contribution >= 4 is 43.5 Å². The van der Waals surface area contributed by atoms with E-state index in [2.05, 4.69) is 21.2 Å². The molecule has 2 amide bonds. The van der Waals surface area contributed by atoms with Gasteiger partial charge in [-0.25, -0.2) is 8.42 Å². The molecule has 1 atom stereocenters. The van der Waals surface area contributed by atoms with E-state index in [-0.39, 0.29) is 23.8 Å². The number of hydrogen-bond donors (Lipinski definition) is 1. The Morgan fingerprint density at radius 2 is 1.48 bits per heavy atom. The molecule has 0 aromatic heterocycles. The number of rotatable bonds is 12. The van der Waals surface area contributed by atoms with Gasteiger partial charge in [0.05, 0.1) is 10.6 Å². The first kappa shape index (κ1) is 33.0. The topological polar surface area (TPSA) is 86.8 Å². The van der Waals surface area contributed by atoms with E-state index in [1.54, 1.807) is 36.4 Å². The number of sulfonamides is 1. The number of hydrogen-bond acceptors (Lipinski definition) is 4. The van der Waals surface area contributed by atoms with Crippen LogP contribution >= 0.6 is 15.9 Å². The lowest BCUT2D eigenvalue weighted by Crippen LogP contribution is -2.53. The number of nitrogens with one attached hydrogen (secondary N) is 1. The van der Waals surface area contributed by atoms with Crippen LogP contribution in [0.25, 0.3) is 0 Å². The maximum absolute atomic E-state index is 14.5. The second kappa shape index (κ2) is 14.7. The van der Waals surface area contributed by atoms with Gasteiger partial charge in [0.25, 0.3) is 10.0 Å². The Kier molecular flexibility index (Phi) is 11.0. The van der Waals surface area contributed by atoms with Crippen molar-refractivity contribution in [3.63, 3.8) is 0 Å². The summed E-state index contributed by atoms with van der Waals surface area (Å²) < 4.78 is 30.5. The fraction of sp³-hybridized carbons (Fsp3) is 0.257. The Hall–Kier alpha value is -3.95. The van der Waals surface area contributed by atoms with Gasteiger partial charge in [-0.15, -0.1) is 0 Å². The molecule has 0 fully saturated rings. The molecule has 0 radical (unpaired) electrons. The molecular formula is C35H38BrN3O4S. The number of carbonyl (C=O) groups is 2. The molecule has 1 N–H and O–H groups in total. The van der Waals surface area contributed by atoms with Crippen molar-refractivity contribution in [2.24, 2.45) is 0 Å². The summed E-state index contributed by atoms with van der Waals surface area (Å²) in [5, 5.41) is 2.89. The summed E-state index contributed by atoms with van der Waals surface area (Å²) in [7, 11) is -4.15. The van der Waals surface area contributed by atoms with Crippen molar-refractivity contribution in [2.75, 3.05) is 17.4 Å². The Bertz CT molecular complexity index is 1690. The molecule has 44 heavy (non-hydrogen) atoms. The fourth-order valence-corrected chi connectivity index (χ4v) is 6.73. The Labute approximate surface area is 269 Å². The van der Waals surface area contributed by atoms with E-state index in [4.69, 9.17) is 0 Å². The van der Waals surface area contributed by atoms with Crippen LogP contribution in [0.4, 0.5) is 5.69 Å². The molecule has 4 aromatic rings. The van der Waals surface area contributed by atoms with E-state index in [1.165, 1.54) is 9.21 Å². The minimum absolute atomic E-state index is 0.0841. The third-order valence-electron chi connectivity index (χ3n) is 7.62. The molecule has 0 heterocycles. The summed E-state index contributed by atoms with van der Waals surface area (Å²) in [6.07, 6.45) is 0.267. The molecule has 7 nitrogen and oxygen atoms in total. The van der Waals surface area contributed by atoms with Crippen LogP contribution in [0.1, 0.15) is 34.7 Å². The second-order valence-electron chi connectivity index (χ2n) is 10.8. The van der Waals surface area contributed by atoms with Crippen LogP contribution in [0.2, 0.25) is 0 Å². The van der Waals surface area contributed by atoms with Crippen molar-refractivity contribution in [1.82, 2.24) is 10.2 Å². The summed E-state index contributed by atoms with van der Waals surface area (Å²) in [6, 6.07) is 28.1. The molecule has 230 valence electrons. The van der Waals surface area contributed by atoms with Crippen molar-refractivity contribution in [2.45, 2.75) is 51.6 Å². The van der Waals surface area contributed by atoms with E-state index in [0.29, 0.717) is 12.2 Å². The van der Waals surface area contributed by atoms with Crippen molar-refractivity contribution in [3.8, 4) is 0 Å². The summed E-state index contributed by atoms with van der Waals surface area (Å²) in [4.78, 5) is 29.7. The first-order valence-corrected chi connectivity index (χ1v) is 16.8. The third-order valence-corrected chi connectivity index (χ3v) is 9.92. The number of anilines is 1. The fourth-order valence-electron chi connectivity index (χ4n) is 4.99. The van der Waals surface area contributed by atoms with Gasteiger partial charge >= 0.3 is 0 Å². The number of amides is 2. The lowest BCUT2D eigenvalue weighted by Gasteiger charge is -2.34. The van der Waals surface area contributed by atoms with Crippen LogP contribution in [0.5, 0.6) is 0 Å². The quantitative estimate of drug-likeness (QED) is 0.190. The smallest absolute Gasteiger partial charge is 0.264 e. The SMILES string of the molecule is CCNC(=O)[C@H](Cc1ccccc1)N(Cc1ccc(Br)cc1)C(=O)CN(c1cccc(C)c1C)S(=O)(=O)c1ccc(C)cc1. The summed E-state index contributed by atoms with van der Waals surface area (Å²) in [5.74, 6) is -0.793. The highest BCUT2D eigenvalue weighted by molar-refractivity contribution is 9.10. The van der Waals surface area contributed by atoms with E-state index in [0.717, 1.165) is 32.3 Å². The number of aryl methyl sites for hydroxylation is 2. The molecule has 0 bridgehead atoms. The van der Waals surface area contributed by atoms with Crippen molar-refractivity contribution in [1.29, 1.82) is 0 Å². The van der Waals surface area contributed by atoms with Crippen LogP contribution < -0.4 is 9.62 Å². The average Bonchev–Trinajstić information content (AvgIpc) is 3.01. The maximum Gasteiger partial charge on any atom is 0.264 e. The van der Waals surface area contributed by atoms with E-state index >= 15 is 0 Å². The summed E-state index contributed by atoms with van der Waals surface area (Å²) in [5.41, 5.74) is 4.68. The Balaban J connectivity index is 1.82. The molecule has 0 unspecified atom stereocenters. The summed E-state index contributed by atoms with van der Waals surface area (Å²) in [6.45, 7) is 7.49. The predicted molar refractivity (Wildman–Crippen MR) is 179 cm³/mol. The van der Waals surface area contributed by atoms with Gasteiger partial charge in [-0.2, -0.15) is 0 Å². The van der Waals surface area contributed by atoms with Gasteiger partial charge < -0.3 is 10.2 Å². The lowest BCUT2D eigenvalue weighted by molar-refractivity contribution is -0.140. The van der Waals surface area contributed by atoms with Gasteiger partial charge in [0.15, 0.2) is 0 Å². The van der Waals surface area contributed by atoms with E-state index in [9.17, 15) is 18.0 Å². The molecule has 0 aliphatic carbocycles. The first-order valence-electron chi connectivity index (χ1n) is 14.5. The molecule has 0 aliphatic rings. The van der Waals surface area contributed by atoms with Gasteiger partial charge in [0.2, 0.25) is 11.8 Å². The van der Waals surface area contributed by atoms with E-state index in [1.807, 2.05) is 88.4 Å². The molecule has 4 rings (SSSR count). The number of likely N-dealkylation sites (N-methyl/N-ethyl adjacent to an activating group) is 1. The average molecular weight is 677 g/mol. The largest absolute Gasteiger partial charge is 0.355 e. The van der Waals surface area contributed by atoms with Crippen LogP contribution in [0.3, 0.4) is 0 Å². The minimum Gasteiger partial charge on any atom is -0.355 e. The van der Waals surface area contributed by atoms with Crippen molar-refractivity contribution in [3.05, 3.63) is 129 Å². The highest BCUT2D eigenvalue weighted by Crippen LogP contribution is 2.29. The van der Waals surface area contributed by atoms with Gasteiger partial charge in [-0.1, -0.05) is 88.2 Å². The first-order chi connectivity index (χ1) is 21.0. The van der Waals surface area contributed by atoms with Crippen LogP contribution in [-0.4, -0.2) is 44.3 Å². The van der Waals surface area contributed by atoms with Gasteiger partial charge in [-0.3, -0.25) is 13.9 Å². The van der Waals surface area contributed by atoms with Crippen molar-refractivity contribution < 1.29 is 18.0 Å². The maximum atomic E-state index is 14.5. The van der Waals surface area contributed by atoms with Crippen LogP contribution in [0, 0.1) is 20.8 Å². The zero-order valence-corrected chi connectivity index (χ0v) is 27.9. The Morgan fingerprint density at radius 1 is 0.818 bits per heavy atom. The van der Waals surface area contributed by atoms with Crippen LogP contribution in [0.15, 0.2) is 106 Å². The minimum atomic E-state index is -4.15. The monoisotopic (exact) mass is 675 g/mol. The highest BCUT2D eigenvalue weighted by atomic mass is 79.9. The second-order valence-corrected chi connectivity index (χ2v) is 13.6. The molecule has 9 heteroatoms. The normalized spacial score (nSPS) is 11.9. The van der Waals surface area contributed by atoms with Crippen LogP contribution in [-0.2, 0) is 32.6 Å². The van der Waals surface area contributed by atoms with Gasteiger partial charge in [0.1, 0.15) is 12.6 Å². The zero-order chi connectivity index (χ0) is 31.9. The number of nitrogens with zero attached hydrogens (tertiary/aromatic N) is 2. The Morgan fingerprint density at radius 3 is 2.11 bits per heavy atom. The molecule has 0 saturated heterocycles. The zero-order valence-electron chi connectivity index (χ0n) is 25.5. The summed E-state index contributed by atoms with van der Waals surface area (Å²) >= 11 is 3.46. The number of halogens is 1. The molecular weight excluding hydrogens is 638 g/mol. The number of carbonyl (C=O) groups excluding carboxylic acids is 2. The highest BCUT2D eigenvalue weighted by Gasteiger charge is 2.35. The number of benzene rings is 4. The van der Waals surface area contributed by atoms with Gasteiger partial charge in [0, 0.05) is 24.0 Å².